The Bertz CT molecular complexity index is 1250. The molecule has 2 saturated heterocycles. The number of oxazole rings is 1. The van der Waals surface area contributed by atoms with Crippen LogP contribution in [-0.2, 0) is 14.8 Å². The van der Waals surface area contributed by atoms with E-state index >= 15 is 0 Å². The summed E-state index contributed by atoms with van der Waals surface area (Å²) >= 11 is 6.30. The smallest absolute Gasteiger partial charge is 0.287 e. The van der Waals surface area contributed by atoms with Crippen LogP contribution >= 0.6 is 11.6 Å². The second kappa shape index (κ2) is 9.45. The zero-order chi connectivity index (χ0) is 24.8. The van der Waals surface area contributed by atoms with Crippen molar-refractivity contribution in [3.8, 4) is 0 Å². The molecule has 1 N–H and O–H groups in total. The van der Waals surface area contributed by atoms with E-state index in [4.69, 9.17) is 20.8 Å². The van der Waals surface area contributed by atoms with Gasteiger partial charge < -0.3 is 14.5 Å². The standard InChI is InChI=1S/C22H29ClFN5O5S/c1-14-21(34-19(27-14)15-3-4-15)35(31,32)28-8-5-16(6-9-28)29-20(30)18(23)17(11-26-29)25-12-22(24)7-2-10-33-13-22/h11,15-16,25H,2-10,12-13H2,1H3/t22-/m0/s1. The highest BCUT2D eigenvalue weighted by Crippen LogP contribution is 2.41. The van der Waals surface area contributed by atoms with E-state index < -0.39 is 21.3 Å². The van der Waals surface area contributed by atoms with Gasteiger partial charge in [-0.05, 0) is 45.4 Å². The summed E-state index contributed by atoms with van der Waals surface area (Å²) in [4.78, 5) is 17.2. The van der Waals surface area contributed by atoms with Crippen LogP contribution in [0.5, 0.6) is 0 Å². The first-order valence-electron chi connectivity index (χ1n) is 11.9. The number of alkyl halides is 1. The van der Waals surface area contributed by atoms with Crippen molar-refractivity contribution in [1.82, 2.24) is 19.1 Å². The molecule has 10 nitrogen and oxygen atoms in total. The molecule has 2 aromatic heterocycles. The molecule has 192 valence electrons. The molecule has 1 saturated carbocycles. The van der Waals surface area contributed by atoms with Crippen LogP contribution in [0.15, 0.2) is 20.5 Å². The molecule has 2 aliphatic heterocycles. The van der Waals surface area contributed by atoms with Gasteiger partial charge in [-0.15, -0.1) is 0 Å². The Hall–Kier alpha value is -2.02. The number of sulfonamides is 1. The van der Waals surface area contributed by atoms with Crippen molar-refractivity contribution in [2.24, 2.45) is 0 Å². The van der Waals surface area contributed by atoms with Gasteiger partial charge in [0.1, 0.15) is 5.02 Å². The molecular weight excluding hydrogens is 501 g/mol. The normalized spacial score (nSPS) is 24.5. The zero-order valence-corrected chi connectivity index (χ0v) is 21.1. The Labute approximate surface area is 207 Å². The molecule has 0 aromatic carbocycles. The van der Waals surface area contributed by atoms with Gasteiger partial charge in [-0.2, -0.15) is 9.40 Å². The lowest BCUT2D eigenvalue weighted by Gasteiger charge is -2.31. The third-order valence-electron chi connectivity index (χ3n) is 6.85. The summed E-state index contributed by atoms with van der Waals surface area (Å²) in [7, 11) is -3.82. The average Bonchev–Trinajstić information content (AvgIpc) is 3.62. The first-order chi connectivity index (χ1) is 16.7. The van der Waals surface area contributed by atoms with E-state index in [1.54, 1.807) is 6.92 Å². The fourth-order valence-corrected chi connectivity index (χ4v) is 6.37. The summed E-state index contributed by atoms with van der Waals surface area (Å²) in [5.41, 5.74) is -1.37. The number of nitrogens with one attached hydrogen (secondary N) is 1. The van der Waals surface area contributed by atoms with Gasteiger partial charge in [0.05, 0.1) is 36.8 Å². The molecule has 35 heavy (non-hydrogen) atoms. The molecule has 0 bridgehead atoms. The first kappa shape index (κ1) is 24.7. The highest BCUT2D eigenvalue weighted by molar-refractivity contribution is 7.89. The summed E-state index contributed by atoms with van der Waals surface area (Å²) in [5.74, 6) is 0.708. The van der Waals surface area contributed by atoms with Crippen LogP contribution in [0.3, 0.4) is 0 Å². The number of rotatable bonds is 7. The predicted octanol–water partition coefficient (Wildman–Crippen LogP) is 3.03. The van der Waals surface area contributed by atoms with Crippen molar-refractivity contribution in [3.63, 3.8) is 0 Å². The average molecular weight is 530 g/mol. The first-order valence-corrected chi connectivity index (χ1v) is 13.7. The van der Waals surface area contributed by atoms with Gasteiger partial charge in [0.2, 0.25) is 0 Å². The molecule has 3 aliphatic rings. The summed E-state index contributed by atoms with van der Waals surface area (Å²) in [6, 6.07) is -0.308. The van der Waals surface area contributed by atoms with Crippen molar-refractivity contribution in [1.29, 1.82) is 0 Å². The lowest BCUT2D eigenvalue weighted by molar-refractivity contribution is -0.0234. The molecule has 2 aromatic rings. The maximum atomic E-state index is 14.8. The Kier molecular flexibility index (Phi) is 6.66. The number of halogens is 2. The highest BCUT2D eigenvalue weighted by Gasteiger charge is 2.38. The van der Waals surface area contributed by atoms with Crippen molar-refractivity contribution in [2.45, 2.75) is 68.2 Å². The predicted molar refractivity (Wildman–Crippen MR) is 126 cm³/mol. The van der Waals surface area contributed by atoms with E-state index in [0.717, 1.165) is 12.8 Å². The Morgan fingerprint density at radius 2 is 2.03 bits per heavy atom. The largest absolute Gasteiger partial charge is 0.427 e. The second-order valence-corrected chi connectivity index (χ2v) is 11.8. The summed E-state index contributed by atoms with van der Waals surface area (Å²) in [6.07, 6.45) is 5.14. The minimum atomic E-state index is -3.82. The number of aromatic nitrogens is 3. The van der Waals surface area contributed by atoms with Crippen LogP contribution in [0.1, 0.15) is 62.1 Å². The van der Waals surface area contributed by atoms with E-state index in [9.17, 15) is 17.6 Å². The number of aryl methyl sites for hydroxylation is 1. The van der Waals surface area contributed by atoms with Crippen LogP contribution in [0.2, 0.25) is 5.02 Å². The topological polar surface area (TPSA) is 120 Å². The van der Waals surface area contributed by atoms with Gasteiger partial charge >= 0.3 is 0 Å². The minimum absolute atomic E-state index is 0.000911. The molecule has 0 unspecified atom stereocenters. The second-order valence-electron chi connectivity index (χ2n) is 9.62. The lowest BCUT2D eigenvalue weighted by atomic mass is 9.99. The van der Waals surface area contributed by atoms with Crippen LogP contribution in [0.25, 0.3) is 0 Å². The van der Waals surface area contributed by atoms with Gasteiger partial charge in [-0.3, -0.25) is 4.79 Å². The molecule has 0 radical (unpaired) electrons. The van der Waals surface area contributed by atoms with E-state index in [0.29, 0.717) is 43.9 Å². The molecule has 3 fully saturated rings. The van der Waals surface area contributed by atoms with Crippen molar-refractivity contribution in [2.75, 3.05) is 38.2 Å². The lowest BCUT2D eigenvalue weighted by Crippen LogP contribution is -2.42. The van der Waals surface area contributed by atoms with Crippen molar-refractivity contribution >= 4 is 27.3 Å². The molecule has 0 spiro atoms. The van der Waals surface area contributed by atoms with Gasteiger partial charge in [-0.25, -0.2) is 22.5 Å². The maximum absolute atomic E-state index is 14.8. The number of hydrogen-bond acceptors (Lipinski definition) is 8. The Morgan fingerprint density at radius 1 is 1.29 bits per heavy atom. The van der Waals surface area contributed by atoms with E-state index in [1.807, 2.05) is 0 Å². The van der Waals surface area contributed by atoms with Crippen LogP contribution in [0, 0.1) is 6.92 Å². The molecule has 13 heteroatoms. The van der Waals surface area contributed by atoms with Crippen molar-refractivity contribution in [3.05, 3.63) is 33.2 Å². The molecule has 5 rings (SSSR count). The summed E-state index contributed by atoms with van der Waals surface area (Å²) in [5, 5.41) is 6.97. The van der Waals surface area contributed by atoms with Gasteiger partial charge in [-0.1, -0.05) is 11.6 Å². The van der Waals surface area contributed by atoms with E-state index in [-0.39, 0.29) is 54.0 Å². The minimum Gasteiger partial charge on any atom is -0.427 e. The molecule has 1 atom stereocenters. The molecule has 1 aliphatic carbocycles. The number of hydrogen-bond donors (Lipinski definition) is 1. The number of nitrogens with zero attached hydrogens (tertiary/aromatic N) is 4. The summed E-state index contributed by atoms with van der Waals surface area (Å²) < 4.78 is 54.6. The van der Waals surface area contributed by atoms with Crippen LogP contribution in [-0.4, -0.2) is 66.0 Å². The third-order valence-corrected chi connectivity index (χ3v) is 9.11. The number of ether oxygens (including phenoxy) is 1. The SMILES string of the molecule is Cc1nc(C2CC2)oc1S(=O)(=O)N1CCC(n2ncc(NC[C@@]3(F)CCCOC3)c(Cl)c2=O)CC1. The van der Waals surface area contributed by atoms with Gasteiger partial charge in [0, 0.05) is 25.6 Å². The third kappa shape index (κ3) is 4.98. The van der Waals surface area contributed by atoms with Crippen molar-refractivity contribution < 1.29 is 22.0 Å². The van der Waals surface area contributed by atoms with E-state index in [2.05, 4.69) is 15.4 Å². The monoisotopic (exact) mass is 529 g/mol. The Balaban J connectivity index is 1.24. The van der Waals surface area contributed by atoms with Crippen LogP contribution < -0.4 is 10.9 Å². The van der Waals surface area contributed by atoms with Gasteiger partial charge in [0.15, 0.2) is 11.6 Å². The highest BCUT2D eigenvalue weighted by atomic mass is 35.5. The number of anilines is 1. The summed E-state index contributed by atoms with van der Waals surface area (Å²) in [6.45, 7) is 2.58. The molecule has 4 heterocycles. The number of piperidine rings is 1. The quantitative estimate of drug-likeness (QED) is 0.581. The maximum Gasteiger partial charge on any atom is 0.287 e. The molecular formula is C22H29ClFN5O5S. The van der Waals surface area contributed by atoms with Crippen LogP contribution in [0.4, 0.5) is 10.1 Å². The molecule has 0 amide bonds. The Morgan fingerprint density at radius 3 is 2.69 bits per heavy atom. The zero-order valence-electron chi connectivity index (χ0n) is 19.5. The van der Waals surface area contributed by atoms with Gasteiger partial charge in [0.25, 0.3) is 20.7 Å². The van der Waals surface area contributed by atoms with E-state index in [1.165, 1.54) is 15.2 Å². The fraction of sp³-hybridized carbons (Fsp3) is 0.682. The fourth-order valence-electron chi connectivity index (χ4n) is 4.63.